The van der Waals surface area contributed by atoms with Gasteiger partial charge in [0, 0.05) is 24.2 Å². The second-order valence-electron chi connectivity index (χ2n) is 8.76. The van der Waals surface area contributed by atoms with Gasteiger partial charge in [-0.15, -0.1) is 5.10 Å². The van der Waals surface area contributed by atoms with Crippen molar-refractivity contribution in [2.24, 2.45) is 10.2 Å². The number of nitrogens with zero attached hydrogens (tertiary/aromatic N) is 3. The molecule has 1 fully saturated rings. The minimum atomic E-state index is -0.589. The van der Waals surface area contributed by atoms with Gasteiger partial charge in [-0.05, 0) is 48.4 Å². The van der Waals surface area contributed by atoms with Crippen molar-refractivity contribution in [3.05, 3.63) is 113 Å². The van der Waals surface area contributed by atoms with E-state index in [1.807, 2.05) is 72.8 Å². The summed E-state index contributed by atoms with van der Waals surface area (Å²) in [7, 11) is 0. The van der Waals surface area contributed by atoms with Gasteiger partial charge in [-0.2, -0.15) is 5.10 Å². The summed E-state index contributed by atoms with van der Waals surface area (Å²) < 4.78 is 5.86. The Morgan fingerprint density at radius 2 is 1.69 bits per heavy atom. The molecule has 0 saturated carbocycles. The molecule has 1 unspecified atom stereocenters. The Morgan fingerprint density at radius 3 is 2.46 bits per heavy atom. The summed E-state index contributed by atoms with van der Waals surface area (Å²) >= 11 is 7.52. The number of thioether (sulfide) groups is 1. The number of furan rings is 1. The van der Waals surface area contributed by atoms with Gasteiger partial charge in [0.05, 0.1) is 11.2 Å². The highest BCUT2D eigenvalue weighted by molar-refractivity contribution is 8.15. The number of rotatable bonds is 9. The summed E-state index contributed by atoms with van der Waals surface area (Å²) in [6.45, 7) is 0.429. The monoisotopic (exact) mass is 556 g/mol. The number of nitrogens with one attached hydrogen (secondary N) is 1. The van der Waals surface area contributed by atoms with Crippen molar-refractivity contribution in [2.75, 3.05) is 11.9 Å². The van der Waals surface area contributed by atoms with Gasteiger partial charge in [0.1, 0.15) is 16.8 Å². The van der Waals surface area contributed by atoms with Gasteiger partial charge in [0.15, 0.2) is 5.17 Å². The first-order valence-electron chi connectivity index (χ1n) is 12.4. The van der Waals surface area contributed by atoms with Crippen LogP contribution in [0.4, 0.5) is 5.69 Å². The summed E-state index contributed by atoms with van der Waals surface area (Å²) in [5.74, 6) is 0.724. The molecule has 1 aliphatic rings. The summed E-state index contributed by atoms with van der Waals surface area (Å²) in [5, 5.41) is 11.8. The van der Waals surface area contributed by atoms with E-state index in [0.29, 0.717) is 40.4 Å². The zero-order valence-electron chi connectivity index (χ0n) is 20.9. The fraction of sp³-hybridized carbons (Fsp3) is 0.133. The van der Waals surface area contributed by atoms with Crippen molar-refractivity contribution in [2.45, 2.75) is 18.1 Å². The molecule has 1 atom stereocenters. The van der Waals surface area contributed by atoms with Gasteiger partial charge in [-0.3, -0.25) is 14.5 Å². The molecule has 3 aromatic carbocycles. The van der Waals surface area contributed by atoms with Crippen molar-refractivity contribution in [3.8, 4) is 11.3 Å². The first kappa shape index (κ1) is 26.5. The lowest BCUT2D eigenvalue weighted by Gasteiger charge is -2.15. The second kappa shape index (κ2) is 12.6. The van der Waals surface area contributed by atoms with Crippen LogP contribution in [0.3, 0.4) is 0 Å². The smallest absolute Gasteiger partial charge is 0.242 e. The van der Waals surface area contributed by atoms with Crippen LogP contribution in [0.2, 0.25) is 5.02 Å². The number of para-hydroxylation sites is 1. The van der Waals surface area contributed by atoms with E-state index in [0.717, 1.165) is 11.1 Å². The highest BCUT2D eigenvalue weighted by atomic mass is 35.5. The van der Waals surface area contributed by atoms with Crippen LogP contribution in [0.15, 0.2) is 112 Å². The van der Waals surface area contributed by atoms with Crippen LogP contribution in [0, 0.1) is 0 Å². The maximum absolute atomic E-state index is 13.3. The van der Waals surface area contributed by atoms with E-state index < -0.39 is 5.25 Å². The molecule has 1 aliphatic heterocycles. The van der Waals surface area contributed by atoms with E-state index in [-0.39, 0.29) is 18.2 Å². The van der Waals surface area contributed by atoms with Crippen molar-refractivity contribution >= 4 is 52.2 Å². The Labute approximate surface area is 235 Å². The molecule has 0 bridgehead atoms. The molecule has 0 spiro atoms. The van der Waals surface area contributed by atoms with Crippen LogP contribution >= 0.6 is 23.4 Å². The predicted molar refractivity (Wildman–Crippen MR) is 157 cm³/mol. The molecule has 7 nitrogen and oxygen atoms in total. The summed E-state index contributed by atoms with van der Waals surface area (Å²) in [4.78, 5) is 27.6. The van der Waals surface area contributed by atoms with Gasteiger partial charge >= 0.3 is 0 Å². The average Bonchev–Trinajstić information content (AvgIpc) is 3.53. The third kappa shape index (κ3) is 6.85. The first-order chi connectivity index (χ1) is 19.1. The Bertz CT molecular complexity index is 1500. The molecule has 196 valence electrons. The molecule has 5 rings (SSSR count). The third-order valence-corrected chi connectivity index (χ3v) is 7.50. The first-order valence-corrected chi connectivity index (χ1v) is 13.7. The molecule has 1 N–H and O–H groups in total. The zero-order chi connectivity index (χ0) is 27.0. The molecule has 1 aromatic heterocycles. The lowest BCUT2D eigenvalue weighted by Crippen LogP contribution is -2.35. The zero-order valence-corrected chi connectivity index (χ0v) is 22.4. The minimum Gasteiger partial charge on any atom is -0.455 e. The van der Waals surface area contributed by atoms with Crippen molar-refractivity contribution in [3.63, 3.8) is 0 Å². The highest BCUT2D eigenvalue weighted by Crippen LogP contribution is 2.31. The van der Waals surface area contributed by atoms with Gasteiger partial charge in [0.2, 0.25) is 11.8 Å². The lowest BCUT2D eigenvalue weighted by molar-refractivity contribution is -0.128. The number of carbonyl (C=O) groups excluding carboxylic acids is 2. The quantitative estimate of drug-likeness (QED) is 0.188. The highest BCUT2D eigenvalue weighted by Gasteiger charge is 2.39. The number of hydrogen-bond acceptors (Lipinski definition) is 6. The van der Waals surface area contributed by atoms with Crippen molar-refractivity contribution in [1.29, 1.82) is 0 Å². The largest absolute Gasteiger partial charge is 0.455 e. The molecule has 39 heavy (non-hydrogen) atoms. The lowest BCUT2D eigenvalue weighted by atomic mass is 10.1. The molecule has 0 radical (unpaired) electrons. The van der Waals surface area contributed by atoms with E-state index >= 15 is 0 Å². The molecule has 2 amide bonds. The number of benzene rings is 3. The van der Waals surface area contributed by atoms with E-state index in [9.17, 15) is 9.59 Å². The number of hydrogen-bond donors (Lipinski definition) is 1. The maximum atomic E-state index is 13.3. The van der Waals surface area contributed by atoms with Crippen LogP contribution in [0.1, 0.15) is 17.7 Å². The van der Waals surface area contributed by atoms with Crippen LogP contribution in [0.5, 0.6) is 0 Å². The Morgan fingerprint density at radius 1 is 0.974 bits per heavy atom. The Hall–Kier alpha value is -4.14. The number of anilines is 1. The van der Waals surface area contributed by atoms with E-state index in [1.54, 1.807) is 29.2 Å². The molecular formula is C30H25ClN4O3S. The molecule has 1 saturated heterocycles. The van der Waals surface area contributed by atoms with Crippen molar-refractivity contribution in [1.82, 2.24) is 4.90 Å². The molecular weight excluding hydrogens is 532 g/mol. The van der Waals surface area contributed by atoms with E-state index in [1.165, 1.54) is 18.0 Å². The predicted octanol–water partition coefficient (Wildman–Crippen LogP) is 6.51. The molecule has 4 aromatic rings. The number of amides is 2. The SMILES string of the molecule is O=C(CC1S/C(=N\N=C\c2ccc(-c3ccccc3Cl)o2)N(CCc2ccccc2)C1=O)Nc1ccccc1. The van der Waals surface area contributed by atoms with Gasteiger partial charge < -0.3 is 9.73 Å². The number of amidine groups is 1. The molecule has 2 heterocycles. The molecule has 9 heteroatoms. The number of halogens is 1. The van der Waals surface area contributed by atoms with Crippen LogP contribution < -0.4 is 5.32 Å². The number of carbonyl (C=O) groups is 2. The topological polar surface area (TPSA) is 87.3 Å². The standard InChI is InChI=1S/C30H25ClN4O3S/c31-25-14-8-7-13-24(25)26-16-15-23(38-26)20-32-34-30-35(18-17-21-9-3-1-4-10-21)29(37)27(39-30)19-28(36)33-22-11-5-2-6-12-22/h1-16,20,27H,17-19H2,(H,33,36)/b32-20+,34-30-. The van der Waals surface area contributed by atoms with Crippen molar-refractivity contribution < 1.29 is 14.0 Å². The second-order valence-corrected chi connectivity index (χ2v) is 10.3. The summed E-state index contributed by atoms with van der Waals surface area (Å²) in [6, 6.07) is 30.1. The van der Waals surface area contributed by atoms with Crippen LogP contribution in [-0.4, -0.2) is 39.9 Å². The average molecular weight is 557 g/mol. The fourth-order valence-electron chi connectivity index (χ4n) is 4.07. The van der Waals surface area contributed by atoms with Gasteiger partial charge in [0.25, 0.3) is 0 Å². The van der Waals surface area contributed by atoms with E-state index in [2.05, 4.69) is 15.5 Å². The van der Waals surface area contributed by atoms with Crippen LogP contribution in [-0.2, 0) is 16.0 Å². The Kier molecular flexibility index (Phi) is 8.55. The Balaban J connectivity index is 1.30. The molecule has 0 aliphatic carbocycles. The van der Waals surface area contributed by atoms with Crippen LogP contribution in [0.25, 0.3) is 11.3 Å². The van der Waals surface area contributed by atoms with Gasteiger partial charge in [-0.25, -0.2) is 0 Å². The van der Waals surface area contributed by atoms with Gasteiger partial charge in [-0.1, -0.05) is 84.0 Å². The summed E-state index contributed by atoms with van der Waals surface area (Å²) in [5.41, 5.74) is 2.57. The summed E-state index contributed by atoms with van der Waals surface area (Å²) in [6.07, 6.45) is 2.17. The fourth-order valence-corrected chi connectivity index (χ4v) is 5.42. The minimum absolute atomic E-state index is 0.0301. The third-order valence-electron chi connectivity index (χ3n) is 6.01. The maximum Gasteiger partial charge on any atom is 0.242 e. The van der Waals surface area contributed by atoms with E-state index in [4.69, 9.17) is 16.0 Å². The normalized spacial score (nSPS) is 16.3.